The molecular weight excluding hydrogens is 325 g/mol. The Morgan fingerprint density at radius 2 is 1.68 bits per heavy atom. The number of nitrogens with zero attached hydrogens (tertiary/aromatic N) is 1. The highest BCUT2D eigenvalue weighted by atomic mass is 35.5. The molecule has 2 aromatic carbocycles. The molecule has 0 bridgehead atoms. The maximum Gasteiger partial charge on any atom is 0.285 e. The molecule has 0 unspecified atom stereocenters. The van der Waals surface area contributed by atoms with Gasteiger partial charge in [-0.25, -0.2) is 0 Å². The van der Waals surface area contributed by atoms with Crippen molar-refractivity contribution in [2.24, 2.45) is 0 Å². The fourth-order valence-electron chi connectivity index (χ4n) is 2.43. The molecule has 0 fully saturated rings. The lowest BCUT2D eigenvalue weighted by Gasteiger charge is -2.31. The van der Waals surface area contributed by atoms with Crippen LogP contribution < -0.4 is 0 Å². The Morgan fingerprint density at radius 3 is 2.32 bits per heavy atom. The maximum absolute atomic E-state index is 12.6. The van der Waals surface area contributed by atoms with Crippen LogP contribution in [0.25, 0.3) is 10.8 Å². The van der Waals surface area contributed by atoms with E-state index < -0.39 is 17.4 Å². The topological polar surface area (TPSA) is 46.6 Å². The summed E-state index contributed by atoms with van der Waals surface area (Å²) in [7, 11) is 0. The minimum Gasteiger partial charge on any atom is -0.266 e. The average Bonchev–Trinajstić information content (AvgIpc) is 2.44. The van der Waals surface area contributed by atoms with E-state index in [1.807, 2.05) is 0 Å². The first-order chi connectivity index (χ1) is 10.2. The van der Waals surface area contributed by atoms with Gasteiger partial charge in [0.15, 0.2) is 0 Å². The van der Waals surface area contributed by atoms with Gasteiger partial charge in [-0.2, -0.15) is 0 Å². The Balaban J connectivity index is 2.29. The Morgan fingerprint density at radius 1 is 1.05 bits per heavy atom. The molecule has 0 radical (unpaired) electrons. The minimum absolute atomic E-state index is 0.264. The van der Waals surface area contributed by atoms with Crippen LogP contribution in [0.4, 0.5) is 0 Å². The highest BCUT2D eigenvalue weighted by molar-refractivity contribution is 6.46. The number of rotatable bonds is 1. The third-order valence-electron chi connectivity index (χ3n) is 3.25. The highest BCUT2D eigenvalue weighted by Crippen LogP contribution is 2.38. The summed E-state index contributed by atoms with van der Waals surface area (Å²) in [4.78, 5) is 30.7. The van der Waals surface area contributed by atoms with Gasteiger partial charge in [0.1, 0.15) is 0 Å². The number of imide groups is 1. The second-order valence-corrected chi connectivity index (χ2v) is 6.84. The van der Waals surface area contributed by atoms with Crippen molar-refractivity contribution in [3.63, 3.8) is 0 Å². The first-order valence-electron chi connectivity index (χ1n) is 6.69. The monoisotopic (exact) mass is 337 g/mol. The number of carbonyl (C=O) groups excluding carboxylic acids is 2. The molecule has 0 atom stereocenters. The van der Waals surface area contributed by atoms with Crippen molar-refractivity contribution in [3.8, 4) is 0 Å². The molecule has 4 nitrogen and oxygen atoms in total. The first-order valence-corrected chi connectivity index (χ1v) is 7.45. The summed E-state index contributed by atoms with van der Waals surface area (Å²) in [5.41, 5.74) is -0.00815. The molecule has 114 valence electrons. The Hall–Kier alpha value is -1.62. The standard InChI is InChI=1S/C16H13Cl2NO3/c1-16(2,3)22-19-14(20)9-6-4-5-8-12(9)10(15(19)21)7-11(17)13(8)18/h4-7H,1-3H3. The molecule has 0 aromatic heterocycles. The molecule has 1 aliphatic rings. The summed E-state index contributed by atoms with van der Waals surface area (Å²) in [6.07, 6.45) is 0. The molecule has 0 N–H and O–H groups in total. The summed E-state index contributed by atoms with van der Waals surface area (Å²) in [6, 6.07) is 6.55. The number of benzene rings is 2. The number of amides is 2. The van der Waals surface area contributed by atoms with E-state index >= 15 is 0 Å². The van der Waals surface area contributed by atoms with Crippen LogP contribution in [0.2, 0.25) is 10.0 Å². The quantitative estimate of drug-likeness (QED) is 0.721. The van der Waals surface area contributed by atoms with Crippen molar-refractivity contribution >= 4 is 45.8 Å². The van der Waals surface area contributed by atoms with Gasteiger partial charge in [0.25, 0.3) is 11.8 Å². The van der Waals surface area contributed by atoms with Gasteiger partial charge in [-0.05, 0) is 32.9 Å². The number of hydroxylamine groups is 2. The average molecular weight is 338 g/mol. The van der Waals surface area contributed by atoms with Gasteiger partial charge in [0, 0.05) is 10.8 Å². The van der Waals surface area contributed by atoms with Gasteiger partial charge in [-0.1, -0.05) is 35.3 Å². The molecule has 0 saturated carbocycles. The Bertz CT molecular complexity index is 824. The summed E-state index contributed by atoms with van der Waals surface area (Å²) in [5.74, 6) is -1.04. The van der Waals surface area contributed by atoms with Crippen LogP contribution >= 0.6 is 23.2 Å². The lowest BCUT2D eigenvalue weighted by Crippen LogP contribution is -2.44. The van der Waals surface area contributed by atoms with Crippen molar-refractivity contribution in [1.82, 2.24) is 5.06 Å². The highest BCUT2D eigenvalue weighted by Gasteiger charge is 2.37. The zero-order valence-corrected chi connectivity index (χ0v) is 13.7. The molecule has 0 saturated heterocycles. The second-order valence-electron chi connectivity index (χ2n) is 6.06. The van der Waals surface area contributed by atoms with E-state index in [0.29, 0.717) is 26.9 Å². The lowest BCUT2D eigenvalue weighted by atomic mass is 9.95. The third kappa shape index (κ3) is 2.28. The Labute approximate surface area is 137 Å². The van der Waals surface area contributed by atoms with E-state index in [9.17, 15) is 9.59 Å². The van der Waals surface area contributed by atoms with Crippen LogP contribution in [0, 0.1) is 0 Å². The molecule has 2 aromatic rings. The molecular formula is C16H13Cl2NO3. The molecule has 2 amide bonds. The maximum atomic E-state index is 12.6. The van der Waals surface area contributed by atoms with E-state index in [1.165, 1.54) is 6.07 Å². The Kier molecular flexibility index (Phi) is 3.44. The lowest BCUT2D eigenvalue weighted by molar-refractivity contribution is -0.168. The van der Waals surface area contributed by atoms with Crippen LogP contribution in [0.1, 0.15) is 41.5 Å². The van der Waals surface area contributed by atoms with Gasteiger partial charge in [0.05, 0.1) is 26.8 Å². The molecule has 0 spiro atoms. The van der Waals surface area contributed by atoms with E-state index in [-0.39, 0.29) is 5.02 Å². The predicted octanol–water partition coefficient (Wildman–Crippen LogP) is 4.47. The molecule has 3 rings (SSSR count). The largest absolute Gasteiger partial charge is 0.285 e. The van der Waals surface area contributed by atoms with Gasteiger partial charge in [-0.3, -0.25) is 14.4 Å². The van der Waals surface area contributed by atoms with Crippen molar-refractivity contribution < 1.29 is 14.4 Å². The summed E-state index contributed by atoms with van der Waals surface area (Å²) in [5, 5.41) is 2.48. The van der Waals surface area contributed by atoms with E-state index in [2.05, 4.69) is 0 Å². The van der Waals surface area contributed by atoms with Crippen molar-refractivity contribution in [3.05, 3.63) is 45.4 Å². The van der Waals surface area contributed by atoms with E-state index in [4.69, 9.17) is 28.0 Å². The summed E-state index contributed by atoms with van der Waals surface area (Å²) >= 11 is 12.3. The van der Waals surface area contributed by atoms with Crippen molar-refractivity contribution in [2.45, 2.75) is 26.4 Å². The fraction of sp³-hybridized carbons (Fsp3) is 0.250. The molecule has 0 aliphatic carbocycles. The molecule has 1 aliphatic heterocycles. The summed E-state index contributed by atoms with van der Waals surface area (Å²) < 4.78 is 0. The summed E-state index contributed by atoms with van der Waals surface area (Å²) in [6.45, 7) is 5.29. The van der Waals surface area contributed by atoms with Crippen molar-refractivity contribution in [2.75, 3.05) is 0 Å². The van der Waals surface area contributed by atoms with Gasteiger partial charge in [-0.15, -0.1) is 5.06 Å². The predicted molar refractivity (Wildman–Crippen MR) is 85.3 cm³/mol. The third-order valence-corrected chi connectivity index (χ3v) is 4.05. The number of halogens is 2. The number of hydrogen-bond acceptors (Lipinski definition) is 3. The minimum atomic E-state index is -0.688. The SMILES string of the molecule is CC(C)(C)ON1C(=O)c2cccc3c(Cl)c(Cl)cc(c23)C1=O. The second kappa shape index (κ2) is 4.95. The van der Waals surface area contributed by atoms with Gasteiger partial charge < -0.3 is 0 Å². The van der Waals surface area contributed by atoms with Crippen LogP contribution in [-0.2, 0) is 4.84 Å². The number of carbonyl (C=O) groups is 2. The molecule has 22 heavy (non-hydrogen) atoms. The fourth-order valence-corrected chi connectivity index (χ4v) is 2.85. The first kappa shape index (κ1) is 15.3. The van der Waals surface area contributed by atoms with Gasteiger partial charge >= 0.3 is 0 Å². The molecule has 6 heteroatoms. The van der Waals surface area contributed by atoms with Crippen LogP contribution in [0.15, 0.2) is 24.3 Å². The van der Waals surface area contributed by atoms with Crippen LogP contribution in [0.5, 0.6) is 0 Å². The number of hydrogen-bond donors (Lipinski definition) is 0. The van der Waals surface area contributed by atoms with Gasteiger partial charge in [0.2, 0.25) is 0 Å². The van der Waals surface area contributed by atoms with E-state index in [1.54, 1.807) is 39.0 Å². The normalized spacial score (nSPS) is 14.9. The smallest absolute Gasteiger partial charge is 0.266 e. The van der Waals surface area contributed by atoms with E-state index in [0.717, 1.165) is 5.06 Å². The zero-order chi connectivity index (χ0) is 16.2. The van der Waals surface area contributed by atoms with Crippen LogP contribution in [0.3, 0.4) is 0 Å². The van der Waals surface area contributed by atoms with Crippen LogP contribution in [-0.4, -0.2) is 22.5 Å². The zero-order valence-electron chi connectivity index (χ0n) is 12.2. The van der Waals surface area contributed by atoms with Crippen molar-refractivity contribution in [1.29, 1.82) is 0 Å². The molecule has 1 heterocycles.